The summed E-state index contributed by atoms with van der Waals surface area (Å²) in [4.78, 5) is 10.4. The van der Waals surface area contributed by atoms with Gasteiger partial charge in [0.15, 0.2) is 0 Å². The molecule has 4 nitrogen and oxygen atoms in total. The highest BCUT2D eigenvalue weighted by Crippen LogP contribution is 2.37. The second-order valence-corrected chi connectivity index (χ2v) is 4.00. The van der Waals surface area contributed by atoms with Gasteiger partial charge in [-0.15, -0.1) is 0 Å². The molecule has 76 valence electrons. The summed E-state index contributed by atoms with van der Waals surface area (Å²) in [5.41, 5.74) is 8.30. The first-order chi connectivity index (χ1) is 6.37. The van der Waals surface area contributed by atoms with E-state index in [1.807, 2.05) is 6.92 Å². The van der Waals surface area contributed by atoms with Crippen molar-refractivity contribution >= 4 is 27.3 Å². The van der Waals surface area contributed by atoms with Crippen LogP contribution in [0.25, 0.3) is 0 Å². The van der Waals surface area contributed by atoms with Gasteiger partial charge in [-0.25, -0.2) is 0 Å². The van der Waals surface area contributed by atoms with Gasteiger partial charge in [-0.2, -0.15) is 0 Å². The standard InChI is InChI=1S/C9H11BrN2O2/c1-4-5(2)9(12(13)14)6(3)8(11)7(4)10/h11H2,1-3H3. The largest absolute Gasteiger partial charge is 0.397 e. The van der Waals surface area contributed by atoms with E-state index in [4.69, 9.17) is 5.73 Å². The average Bonchev–Trinajstić information content (AvgIpc) is 2.11. The minimum absolute atomic E-state index is 0.114. The predicted octanol–water partition coefficient (Wildman–Crippen LogP) is 2.86. The van der Waals surface area contributed by atoms with Crippen LogP contribution in [0, 0.1) is 30.9 Å². The normalized spacial score (nSPS) is 10.3. The van der Waals surface area contributed by atoms with E-state index < -0.39 is 0 Å². The number of nitro benzene ring substituents is 1. The molecule has 1 aromatic rings. The van der Waals surface area contributed by atoms with Crippen molar-refractivity contribution in [2.24, 2.45) is 0 Å². The Labute approximate surface area is 90.4 Å². The molecule has 0 saturated carbocycles. The van der Waals surface area contributed by atoms with Crippen LogP contribution in [-0.2, 0) is 0 Å². The number of halogens is 1. The third-order valence-electron chi connectivity index (χ3n) is 2.43. The quantitative estimate of drug-likeness (QED) is 0.479. The minimum atomic E-state index is -0.388. The van der Waals surface area contributed by atoms with Crippen molar-refractivity contribution in [2.75, 3.05) is 5.73 Å². The molecule has 0 atom stereocenters. The molecule has 0 aliphatic carbocycles. The number of hydrogen-bond acceptors (Lipinski definition) is 3. The zero-order valence-electron chi connectivity index (χ0n) is 8.22. The lowest BCUT2D eigenvalue weighted by molar-refractivity contribution is -0.386. The van der Waals surface area contributed by atoms with Crippen molar-refractivity contribution in [3.63, 3.8) is 0 Å². The highest BCUT2D eigenvalue weighted by Gasteiger charge is 2.21. The molecule has 1 aromatic carbocycles. The molecule has 0 radical (unpaired) electrons. The van der Waals surface area contributed by atoms with Gasteiger partial charge in [0, 0.05) is 10.0 Å². The van der Waals surface area contributed by atoms with Crippen LogP contribution in [-0.4, -0.2) is 4.92 Å². The zero-order chi connectivity index (χ0) is 11.0. The van der Waals surface area contributed by atoms with Crippen molar-refractivity contribution in [3.05, 3.63) is 31.3 Å². The minimum Gasteiger partial charge on any atom is -0.397 e. The summed E-state index contributed by atoms with van der Waals surface area (Å²) in [5.74, 6) is 0. The van der Waals surface area contributed by atoms with E-state index in [-0.39, 0.29) is 10.6 Å². The maximum absolute atomic E-state index is 10.8. The van der Waals surface area contributed by atoms with Crippen LogP contribution in [0.15, 0.2) is 4.47 Å². The molecule has 0 aliphatic heterocycles. The van der Waals surface area contributed by atoms with E-state index in [1.54, 1.807) is 13.8 Å². The number of nitrogen functional groups attached to an aromatic ring is 1. The van der Waals surface area contributed by atoms with Gasteiger partial charge in [0.2, 0.25) is 0 Å². The van der Waals surface area contributed by atoms with Crippen LogP contribution in [0.4, 0.5) is 11.4 Å². The lowest BCUT2D eigenvalue weighted by Crippen LogP contribution is -2.03. The fourth-order valence-corrected chi connectivity index (χ4v) is 1.99. The third-order valence-corrected chi connectivity index (χ3v) is 3.45. The van der Waals surface area contributed by atoms with Gasteiger partial charge in [0.25, 0.3) is 5.69 Å². The number of hydrogen-bond donors (Lipinski definition) is 1. The van der Waals surface area contributed by atoms with E-state index in [0.717, 1.165) is 10.0 Å². The summed E-state index contributed by atoms with van der Waals surface area (Å²) in [5, 5.41) is 10.8. The first-order valence-corrected chi connectivity index (χ1v) is 4.86. The maximum Gasteiger partial charge on any atom is 0.277 e. The Morgan fingerprint density at radius 2 is 1.71 bits per heavy atom. The van der Waals surface area contributed by atoms with Gasteiger partial charge in [0.05, 0.1) is 16.2 Å². The van der Waals surface area contributed by atoms with Crippen LogP contribution < -0.4 is 5.73 Å². The highest BCUT2D eigenvalue weighted by molar-refractivity contribution is 9.10. The van der Waals surface area contributed by atoms with Crippen LogP contribution in [0.3, 0.4) is 0 Å². The van der Waals surface area contributed by atoms with E-state index in [9.17, 15) is 10.1 Å². The van der Waals surface area contributed by atoms with Crippen LogP contribution >= 0.6 is 15.9 Å². The molecule has 0 aromatic heterocycles. The molecule has 0 spiro atoms. The maximum atomic E-state index is 10.8. The second-order valence-electron chi connectivity index (χ2n) is 3.21. The fourth-order valence-electron chi connectivity index (χ4n) is 1.39. The summed E-state index contributed by atoms with van der Waals surface area (Å²) in [6, 6.07) is 0. The lowest BCUT2D eigenvalue weighted by Gasteiger charge is -2.10. The molecule has 14 heavy (non-hydrogen) atoms. The first kappa shape index (κ1) is 11.0. The number of benzene rings is 1. The Morgan fingerprint density at radius 3 is 2.14 bits per heavy atom. The highest BCUT2D eigenvalue weighted by atomic mass is 79.9. The Morgan fingerprint density at radius 1 is 1.21 bits per heavy atom. The molecular weight excluding hydrogens is 248 g/mol. The third kappa shape index (κ3) is 1.48. The summed E-state index contributed by atoms with van der Waals surface area (Å²) < 4.78 is 0.748. The lowest BCUT2D eigenvalue weighted by atomic mass is 10.0. The molecule has 0 unspecified atom stereocenters. The molecule has 5 heteroatoms. The van der Waals surface area contributed by atoms with Crippen LogP contribution in [0.2, 0.25) is 0 Å². The molecular formula is C9H11BrN2O2. The average molecular weight is 259 g/mol. The Hall–Kier alpha value is -1.10. The van der Waals surface area contributed by atoms with E-state index >= 15 is 0 Å². The number of nitro groups is 1. The number of nitrogens with two attached hydrogens (primary N) is 1. The van der Waals surface area contributed by atoms with E-state index in [1.165, 1.54) is 0 Å². The Bertz CT molecular complexity index is 387. The summed E-state index contributed by atoms with van der Waals surface area (Å²) in [6.07, 6.45) is 0. The smallest absolute Gasteiger partial charge is 0.277 e. The van der Waals surface area contributed by atoms with Crippen molar-refractivity contribution in [1.82, 2.24) is 0 Å². The van der Waals surface area contributed by atoms with Crippen molar-refractivity contribution < 1.29 is 4.92 Å². The topological polar surface area (TPSA) is 69.2 Å². The molecule has 0 amide bonds. The van der Waals surface area contributed by atoms with Crippen molar-refractivity contribution in [3.8, 4) is 0 Å². The number of rotatable bonds is 1. The van der Waals surface area contributed by atoms with Crippen LogP contribution in [0.1, 0.15) is 16.7 Å². The zero-order valence-corrected chi connectivity index (χ0v) is 9.81. The number of anilines is 1. The monoisotopic (exact) mass is 258 g/mol. The van der Waals surface area contributed by atoms with Gasteiger partial charge in [0.1, 0.15) is 0 Å². The van der Waals surface area contributed by atoms with E-state index in [0.29, 0.717) is 16.8 Å². The van der Waals surface area contributed by atoms with Gasteiger partial charge < -0.3 is 5.73 Å². The first-order valence-electron chi connectivity index (χ1n) is 4.07. The predicted molar refractivity (Wildman–Crippen MR) is 59.4 cm³/mol. The molecule has 2 N–H and O–H groups in total. The second kappa shape index (κ2) is 3.57. The van der Waals surface area contributed by atoms with Crippen LogP contribution in [0.5, 0.6) is 0 Å². The van der Waals surface area contributed by atoms with Gasteiger partial charge in [-0.05, 0) is 42.3 Å². The van der Waals surface area contributed by atoms with Crippen molar-refractivity contribution in [2.45, 2.75) is 20.8 Å². The van der Waals surface area contributed by atoms with Gasteiger partial charge in [-0.3, -0.25) is 10.1 Å². The molecule has 0 heterocycles. The fraction of sp³-hybridized carbons (Fsp3) is 0.333. The summed E-state index contributed by atoms with van der Waals surface area (Å²) in [6.45, 7) is 5.19. The molecule has 1 rings (SSSR count). The molecule has 0 aliphatic rings. The summed E-state index contributed by atoms with van der Waals surface area (Å²) >= 11 is 3.32. The molecule has 0 bridgehead atoms. The Kier molecular flexibility index (Phi) is 2.80. The summed E-state index contributed by atoms with van der Waals surface area (Å²) in [7, 11) is 0. The van der Waals surface area contributed by atoms with Gasteiger partial charge >= 0.3 is 0 Å². The van der Waals surface area contributed by atoms with Gasteiger partial charge in [-0.1, -0.05) is 0 Å². The van der Waals surface area contributed by atoms with Crippen molar-refractivity contribution in [1.29, 1.82) is 0 Å². The molecule has 0 saturated heterocycles. The van der Waals surface area contributed by atoms with E-state index in [2.05, 4.69) is 15.9 Å². The molecule has 0 fully saturated rings. The Balaban J connectivity index is 3.68. The SMILES string of the molecule is Cc1c(C)c([N+](=O)[O-])c(C)c(N)c1Br. The number of nitrogens with zero attached hydrogens (tertiary/aromatic N) is 1.